The predicted octanol–water partition coefficient (Wildman–Crippen LogP) is 0.890. The fourth-order valence-corrected chi connectivity index (χ4v) is 1.49. The number of hydrogen-bond donors (Lipinski definition) is 0. The highest BCUT2D eigenvalue weighted by atomic mass is 16.5. The summed E-state index contributed by atoms with van der Waals surface area (Å²) in [6, 6.07) is 0. The minimum Gasteiger partial charge on any atom is -0.380 e. The molecule has 70 valence electrons. The average Bonchev–Trinajstić information content (AvgIpc) is 2.50. The lowest BCUT2D eigenvalue weighted by Crippen LogP contribution is -2.33. The van der Waals surface area contributed by atoms with Crippen molar-refractivity contribution in [3.63, 3.8) is 0 Å². The summed E-state index contributed by atoms with van der Waals surface area (Å²) in [5, 5.41) is 0. The van der Waals surface area contributed by atoms with E-state index in [1.165, 1.54) is 0 Å². The second kappa shape index (κ2) is 3.90. The number of carbonyl (C=O) groups excluding carboxylic acids is 1. The monoisotopic (exact) mass is 171 g/mol. The number of rotatable bonds is 2. The molecule has 1 aliphatic heterocycles. The second-order valence-corrected chi connectivity index (χ2v) is 3.59. The summed E-state index contributed by atoms with van der Waals surface area (Å²) in [7, 11) is 1.70. The first-order valence-corrected chi connectivity index (χ1v) is 4.46. The van der Waals surface area contributed by atoms with Crippen LogP contribution >= 0.6 is 0 Å². The third-order valence-electron chi connectivity index (χ3n) is 2.28. The zero-order valence-electron chi connectivity index (χ0n) is 8.04. The Labute approximate surface area is 73.7 Å². The van der Waals surface area contributed by atoms with Crippen molar-refractivity contribution in [3.05, 3.63) is 0 Å². The summed E-state index contributed by atoms with van der Waals surface area (Å²) >= 11 is 0. The van der Waals surface area contributed by atoms with Gasteiger partial charge in [-0.3, -0.25) is 4.79 Å². The third kappa shape index (κ3) is 1.97. The summed E-state index contributed by atoms with van der Waals surface area (Å²) in [6.45, 7) is 5.49. The molecule has 1 heterocycles. The lowest BCUT2D eigenvalue weighted by Gasteiger charge is -2.18. The number of methoxy groups -OCH3 is 1. The summed E-state index contributed by atoms with van der Waals surface area (Å²) in [6.07, 6.45) is 1.24. The van der Waals surface area contributed by atoms with Crippen LogP contribution in [0.4, 0.5) is 0 Å². The van der Waals surface area contributed by atoms with Gasteiger partial charge in [-0.1, -0.05) is 13.8 Å². The second-order valence-electron chi connectivity index (χ2n) is 3.59. The van der Waals surface area contributed by atoms with Gasteiger partial charge in [-0.25, -0.2) is 0 Å². The lowest BCUT2D eigenvalue weighted by atomic mass is 10.2. The Balaban J connectivity index is 2.41. The van der Waals surface area contributed by atoms with E-state index < -0.39 is 0 Å². The van der Waals surface area contributed by atoms with E-state index in [0.717, 1.165) is 19.5 Å². The maximum atomic E-state index is 11.5. The fourth-order valence-electron chi connectivity index (χ4n) is 1.49. The van der Waals surface area contributed by atoms with Crippen LogP contribution in [0, 0.1) is 5.92 Å². The van der Waals surface area contributed by atoms with Gasteiger partial charge < -0.3 is 9.64 Å². The third-order valence-corrected chi connectivity index (χ3v) is 2.28. The van der Waals surface area contributed by atoms with E-state index in [9.17, 15) is 4.79 Å². The Morgan fingerprint density at radius 3 is 2.67 bits per heavy atom. The van der Waals surface area contributed by atoms with Crippen LogP contribution in [0.2, 0.25) is 0 Å². The van der Waals surface area contributed by atoms with Crippen LogP contribution in [-0.4, -0.2) is 37.1 Å². The van der Waals surface area contributed by atoms with E-state index in [2.05, 4.69) is 0 Å². The van der Waals surface area contributed by atoms with Crippen molar-refractivity contribution in [3.8, 4) is 0 Å². The summed E-state index contributed by atoms with van der Waals surface area (Å²) in [5.74, 6) is 0.357. The first kappa shape index (κ1) is 9.52. The summed E-state index contributed by atoms with van der Waals surface area (Å²) in [5.41, 5.74) is 0. The first-order valence-electron chi connectivity index (χ1n) is 4.46. The van der Waals surface area contributed by atoms with E-state index in [4.69, 9.17) is 4.74 Å². The Bertz CT molecular complexity index is 168. The van der Waals surface area contributed by atoms with Gasteiger partial charge in [-0.15, -0.1) is 0 Å². The SMILES string of the molecule is COC1CCN(C(=O)C(C)C)C1. The number of amides is 1. The van der Waals surface area contributed by atoms with E-state index in [1.54, 1.807) is 7.11 Å². The van der Waals surface area contributed by atoms with Crippen LogP contribution in [0.1, 0.15) is 20.3 Å². The van der Waals surface area contributed by atoms with E-state index in [0.29, 0.717) is 0 Å². The Hall–Kier alpha value is -0.570. The molecule has 1 fully saturated rings. The number of ether oxygens (including phenoxy) is 1. The maximum Gasteiger partial charge on any atom is 0.225 e. The molecule has 0 aliphatic carbocycles. The normalized spacial score (nSPS) is 23.7. The van der Waals surface area contributed by atoms with Gasteiger partial charge in [0.25, 0.3) is 0 Å². The number of likely N-dealkylation sites (tertiary alicyclic amines) is 1. The van der Waals surface area contributed by atoms with Gasteiger partial charge in [0.15, 0.2) is 0 Å². The molecule has 1 rings (SSSR count). The molecule has 3 heteroatoms. The molecule has 0 radical (unpaired) electrons. The van der Waals surface area contributed by atoms with Crippen LogP contribution in [0.3, 0.4) is 0 Å². The molecule has 1 unspecified atom stereocenters. The Morgan fingerprint density at radius 2 is 2.25 bits per heavy atom. The molecule has 0 aromatic carbocycles. The van der Waals surface area contributed by atoms with Crippen LogP contribution in [0.25, 0.3) is 0 Å². The molecular weight excluding hydrogens is 154 g/mol. The lowest BCUT2D eigenvalue weighted by molar-refractivity contribution is -0.133. The van der Waals surface area contributed by atoms with Crippen LogP contribution in [0.15, 0.2) is 0 Å². The van der Waals surface area contributed by atoms with Gasteiger partial charge in [0.2, 0.25) is 5.91 Å². The molecule has 0 bridgehead atoms. The molecule has 1 amide bonds. The topological polar surface area (TPSA) is 29.5 Å². The van der Waals surface area contributed by atoms with Crippen molar-refractivity contribution in [2.75, 3.05) is 20.2 Å². The minimum absolute atomic E-state index is 0.112. The highest BCUT2D eigenvalue weighted by Gasteiger charge is 2.26. The number of hydrogen-bond acceptors (Lipinski definition) is 2. The van der Waals surface area contributed by atoms with Gasteiger partial charge in [-0.05, 0) is 6.42 Å². The van der Waals surface area contributed by atoms with E-state index in [1.807, 2.05) is 18.7 Å². The van der Waals surface area contributed by atoms with Crippen molar-refractivity contribution < 1.29 is 9.53 Å². The van der Waals surface area contributed by atoms with E-state index in [-0.39, 0.29) is 17.9 Å². The highest BCUT2D eigenvalue weighted by Crippen LogP contribution is 2.14. The molecule has 12 heavy (non-hydrogen) atoms. The first-order chi connectivity index (χ1) is 5.65. The molecule has 0 aromatic rings. The maximum absolute atomic E-state index is 11.5. The predicted molar refractivity (Wildman–Crippen MR) is 46.8 cm³/mol. The van der Waals surface area contributed by atoms with E-state index >= 15 is 0 Å². The quantitative estimate of drug-likeness (QED) is 0.617. The highest BCUT2D eigenvalue weighted by molar-refractivity contribution is 5.78. The molecular formula is C9H17NO2. The minimum atomic E-state index is 0.112. The van der Waals surface area contributed by atoms with Crippen LogP contribution < -0.4 is 0 Å². The van der Waals surface area contributed by atoms with Crippen molar-refractivity contribution in [2.24, 2.45) is 5.92 Å². The molecule has 0 aromatic heterocycles. The molecule has 3 nitrogen and oxygen atoms in total. The molecule has 1 aliphatic rings. The van der Waals surface area contributed by atoms with Gasteiger partial charge in [0, 0.05) is 26.1 Å². The largest absolute Gasteiger partial charge is 0.380 e. The van der Waals surface area contributed by atoms with Crippen LogP contribution in [-0.2, 0) is 9.53 Å². The van der Waals surface area contributed by atoms with Gasteiger partial charge in [-0.2, -0.15) is 0 Å². The fraction of sp³-hybridized carbons (Fsp3) is 0.889. The van der Waals surface area contributed by atoms with Crippen LogP contribution in [0.5, 0.6) is 0 Å². The molecule has 1 atom stereocenters. The molecule has 0 saturated carbocycles. The number of nitrogens with zero attached hydrogens (tertiary/aromatic N) is 1. The van der Waals surface area contributed by atoms with Gasteiger partial charge >= 0.3 is 0 Å². The zero-order chi connectivity index (χ0) is 9.14. The Morgan fingerprint density at radius 1 is 1.58 bits per heavy atom. The Kier molecular flexibility index (Phi) is 3.09. The van der Waals surface area contributed by atoms with Crippen molar-refractivity contribution in [1.82, 2.24) is 4.90 Å². The van der Waals surface area contributed by atoms with Gasteiger partial charge in [0.1, 0.15) is 0 Å². The van der Waals surface area contributed by atoms with Crippen molar-refractivity contribution >= 4 is 5.91 Å². The van der Waals surface area contributed by atoms with Crippen molar-refractivity contribution in [2.45, 2.75) is 26.4 Å². The number of carbonyl (C=O) groups is 1. The molecule has 1 saturated heterocycles. The smallest absolute Gasteiger partial charge is 0.225 e. The molecule has 0 N–H and O–H groups in total. The molecule has 0 spiro atoms. The summed E-state index contributed by atoms with van der Waals surface area (Å²) < 4.78 is 5.18. The summed E-state index contributed by atoms with van der Waals surface area (Å²) in [4.78, 5) is 13.4. The van der Waals surface area contributed by atoms with Gasteiger partial charge in [0.05, 0.1) is 6.10 Å². The average molecular weight is 171 g/mol. The standard InChI is InChI=1S/C9H17NO2/c1-7(2)9(11)10-5-4-8(6-10)12-3/h7-8H,4-6H2,1-3H3. The zero-order valence-corrected chi connectivity index (χ0v) is 8.04. The van der Waals surface area contributed by atoms with Crippen molar-refractivity contribution in [1.29, 1.82) is 0 Å².